The van der Waals surface area contributed by atoms with E-state index in [2.05, 4.69) is 10.2 Å². The van der Waals surface area contributed by atoms with E-state index in [-0.39, 0.29) is 0 Å². The number of halogens is 3. The van der Waals surface area contributed by atoms with Gasteiger partial charge < -0.3 is 10.2 Å². The molecule has 1 aromatic rings. The minimum absolute atomic E-state index is 0.429. The number of fused-ring (bicyclic) bond motifs is 1. The molecule has 1 saturated heterocycles. The van der Waals surface area contributed by atoms with Crippen LogP contribution in [0.4, 0.5) is 24.5 Å². The average Bonchev–Trinajstić information content (AvgIpc) is 2.74. The number of hydrogen-bond acceptors (Lipinski definition) is 2. The largest absolute Gasteiger partial charge is 0.416 e. The fourth-order valence-corrected chi connectivity index (χ4v) is 3.51. The first-order valence-electron chi connectivity index (χ1n) is 7.54. The van der Waals surface area contributed by atoms with E-state index >= 15 is 0 Å². The molecule has 2 nitrogen and oxygen atoms in total. The molecule has 1 fully saturated rings. The molecule has 5 heteroatoms. The molecule has 2 aliphatic rings. The van der Waals surface area contributed by atoms with Crippen LogP contribution < -0.4 is 10.2 Å². The van der Waals surface area contributed by atoms with Gasteiger partial charge in [0, 0.05) is 25.0 Å². The molecule has 0 saturated carbocycles. The summed E-state index contributed by atoms with van der Waals surface area (Å²) in [6, 6.07) is 2.90. The van der Waals surface area contributed by atoms with Gasteiger partial charge in [-0.1, -0.05) is 13.8 Å². The number of alkyl halides is 3. The number of hydrogen-bond donors (Lipinski definition) is 1. The zero-order valence-electron chi connectivity index (χ0n) is 12.5. The Morgan fingerprint density at radius 2 is 1.76 bits per heavy atom. The van der Waals surface area contributed by atoms with Crippen molar-refractivity contribution in [2.45, 2.75) is 44.7 Å². The molecule has 116 valence electrons. The van der Waals surface area contributed by atoms with Gasteiger partial charge in [0.25, 0.3) is 0 Å². The Labute approximate surface area is 123 Å². The molecule has 0 radical (unpaired) electrons. The molecule has 0 aliphatic carbocycles. The van der Waals surface area contributed by atoms with Gasteiger partial charge in [-0.2, -0.15) is 13.2 Å². The second-order valence-electron chi connectivity index (χ2n) is 6.67. The first-order valence-corrected chi connectivity index (χ1v) is 7.54. The van der Waals surface area contributed by atoms with Gasteiger partial charge in [0.15, 0.2) is 0 Å². The zero-order chi connectivity index (χ0) is 15.3. The molecule has 21 heavy (non-hydrogen) atoms. The van der Waals surface area contributed by atoms with Crippen molar-refractivity contribution in [1.82, 2.24) is 0 Å². The van der Waals surface area contributed by atoms with Crippen LogP contribution in [0.1, 0.15) is 44.2 Å². The highest BCUT2D eigenvalue weighted by molar-refractivity contribution is 5.79. The first-order chi connectivity index (χ1) is 9.81. The number of anilines is 2. The number of piperidine rings is 1. The van der Waals surface area contributed by atoms with Crippen LogP contribution in [0.2, 0.25) is 0 Å². The fraction of sp³-hybridized carbons (Fsp3) is 0.625. The second-order valence-corrected chi connectivity index (χ2v) is 6.67. The first kappa shape index (κ1) is 14.5. The minimum atomic E-state index is -4.30. The monoisotopic (exact) mass is 298 g/mol. The van der Waals surface area contributed by atoms with Gasteiger partial charge in [0.05, 0.1) is 16.9 Å². The number of benzene rings is 1. The molecule has 0 unspecified atom stereocenters. The van der Waals surface area contributed by atoms with Crippen LogP contribution in [-0.4, -0.2) is 19.6 Å². The number of nitrogens with zero attached hydrogens (tertiary/aromatic N) is 1. The van der Waals surface area contributed by atoms with Gasteiger partial charge in [0.2, 0.25) is 0 Å². The van der Waals surface area contributed by atoms with Crippen LogP contribution in [0, 0.1) is 0 Å². The maximum atomic E-state index is 13.3. The molecule has 0 amide bonds. The van der Waals surface area contributed by atoms with Crippen LogP contribution in [0.5, 0.6) is 0 Å². The van der Waals surface area contributed by atoms with Crippen LogP contribution in [0.25, 0.3) is 0 Å². The second kappa shape index (κ2) is 4.82. The van der Waals surface area contributed by atoms with Crippen LogP contribution >= 0.6 is 0 Å². The van der Waals surface area contributed by atoms with E-state index in [0.29, 0.717) is 17.8 Å². The minimum Gasteiger partial charge on any atom is -0.382 e. The maximum Gasteiger partial charge on any atom is 0.416 e. The van der Waals surface area contributed by atoms with E-state index in [1.54, 1.807) is 6.07 Å². The number of nitrogens with one attached hydrogen (secondary N) is 1. The highest BCUT2D eigenvalue weighted by atomic mass is 19.4. The Bertz CT molecular complexity index is 543. The molecule has 1 aromatic carbocycles. The summed E-state index contributed by atoms with van der Waals surface area (Å²) in [5.41, 5.74) is 1.07. The molecule has 3 rings (SSSR count). The van der Waals surface area contributed by atoms with Gasteiger partial charge in [-0.3, -0.25) is 0 Å². The Balaban J connectivity index is 2.12. The Kier molecular flexibility index (Phi) is 3.34. The predicted octanol–water partition coefficient (Wildman–Crippen LogP) is 4.40. The van der Waals surface area contributed by atoms with E-state index in [1.165, 1.54) is 12.5 Å². The molecular formula is C16H21F3N2. The quantitative estimate of drug-likeness (QED) is 0.826. The van der Waals surface area contributed by atoms with Crippen molar-refractivity contribution in [1.29, 1.82) is 0 Å². The molecule has 0 aromatic heterocycles. The van der Waals surface area contributed by atoms with E-state index in [0.717, 1.165) is 31.6 Å². The van der Waals surface area contributed by atoms with Crippen molar-refractivity contribution in [3.63, 3.8) is 0 Å². The predicted molar refractivity (Wildman–Crippen MR) is 79.0 cm³/mol. The van der Waals surface area contributed by atoms with Crippen molar-refractivity contribution < 1.29 is 13.2 Å². The molecule has 0 atom stereocenters. The molecule has 0 bridgehead atoms. The summed E-state index contributed by atoms with van der Waals surface area (Å²) in [4.78, 5) is 2.22. The summed E-state index contributed by atoms with van der Waals surface area (Å²) in [6.07, 6.45) is -0.871. The van der Waals surface area contributed by atoms with Crippen molar-refractivity contribution in [3.05, 3.63) is 23.3 Å². The van der Waals surface area contributed by atoms with Gasteiger partial charge >= 0.3 is 6.18 Å². The Hall–Kier alpha value is -1.39. The molecule has 2 aliphatic heterocycles. The summed E-state index contributed by atoms with van der Waals surface area (Å²) < 4.78 is 40.0. The average molecular weight is 298 g/mol. The van der Waals surface area contributed by atoms with Gasteiger partial charge in [0.1, 0.15) is 0 Å². The van der Waals surface area contributed by atoms with E-state index < -0.39 is 17.2 Å². The van der Waals surface area contributed by atoms with Crippen molar-refractivity contribution >= 4 is 11.4 Å². The molecule has 0 spiro atoms. The molecular weight excluding hydrogens is 277 g/mol. The lowest BCUT2D eigenvalue weighted by Gasteiger charge is -2.31. The Morgan fingerprint density at radius 1 is 1.10 bits per heavy atom. The van der Waals surface area contributed by atoms with Crippen molar-refractivity contribution in [2.24, 2.45) is 0 Å². The summed E-state index contributed by atoms with van der Waals surface area (Å²) in [7, 11) is 0. The highest BCUT2D eigenvalue weighted by Crippen LogP contribution is 2.49. The van der Waals surface area contributed by atoms with Crippen LogP contribution in [-0.2, 0) is 11.6 Å². The fourth-order valence-electron chi connectivity index (χ4n) is 3.51. The summed E-state index contributed by atoms with van der Waals surface area (Å²) >= 11 is 0. The third-order valence-electron chi connectivity index (χ3n) is 4.57. The van der Waals surface area contributed by atoms with Gasteiger partial charge in [-0.05, 0) is 37.0 Å². The lowest BCUT2D eigenvalue weighted by molar-refractivity contribution is -0.138. The van der Waals surface area contributed by atoms with E-state index in [9.17, 15) is 13.2 Å². The topological polar surface area (TPSA) is 15.3 Å². The zero-order valence-corrected chi connectivity index (χ0v) is 12.5. The summed E-state index contributed by atoms with van der Waals surface area (Å²) in [5.74, 6) is 0. The molecule has 1 N–H and O–H groups in total. The van der Waals surface area contributed by atoms with Crippen LogP contribution in [0.15, 0.2) is 12.1 Å². The van der Waals surface area contributed by atoms with E-state index in [4.69, 9.17) is 0 Å². The summed E-state index contributed by atoms with van der Waals surface area (Å²) in [6.45, 7) is 6.16. The third kappa shape index (κ3) is 2.47. The smallest absolute Gasteiger partial charge is 0.382 e. The van der Waals surface area contributed by atoms with E-state index in [1.807, 2.05) is 13.8 Å². The molecule has 2 heterocycles. The third-order valence-corrected chi connectivity index (χ3v) is 4.57. The standard InChI is InChI=1S/C16H21F3N2/c1-15(2)10-20-14-12(21-8-4-3-5-9-21)7-6-11(13(14)15)16(17,18)19/h6-7,20H,3-5,8-10H2,1-2H3. The normalized spacial score (nSPS) is 21.1. The van der Waals surface area contributed by atoms with Gasteiger partial charge in [-0.25, -0.2) is 0 Å². The van der Waals surface area contributed by atoms with Crippen molar-refractivity contribution in [2.75, 3.05) is 29.9 Å². The highest BCUT2D eigenvalue weighted by Gasteiger charge is 2.43. The number of rotatable bonds is 1. The Morgan fingerprint density at radius 3 is 2.38 bits per heavy atom. The SMILES string of the molecule is CC1(C)CNc2c(N3CCCCC3)ccc(C(F)(F)F)c21. The lowest BCUT2D eigenvalue weighted by Crippen LogP contribution is -2.30. The maximum absolute atomic E-state index is 13.3. The van der Waals surface area contributed by atoms with Crippen LogP contribution in [0.3, 0.4) is 0 Å². The van der Waals surface area contributed by atoms with Crippen molar-refractivity contribution in [3.8, 4) is 0 Å². The van der Waals surface area contributed by atoms with Gasteiger partial charge in [-0.15, -0.1) is 0 Å². The summed E-state index contributed by atoms with van der Waals surface area (Å²) in [5, 5.41) is 3.23. The lowest BCUT2D eigenvalue weighted by atomic mass is 9.83.